The van der Waals surface area contributed by atoms with E-state index in [1.807, 2.05) is 0 Å². The molecule has 1 aromatic carbocycles. The molecule has 1 aliphatic carbocycles. The molecule has 2 aliphatic heterocycles. The van der Waals surface area contributed by atoms with E-state index in [-0.39, 0.29) is 0 Å². The van der Waals surface area contributed by atoms with Gasteiger partial charge < -0.3 is 52.5 Å². The first-order valence-electron chi connectivity index (χ1n) is 16.7. The van der Waals surface area contributed by atoms with Crippen molar-refractivity contribution >= 4 is 47.9 Å². The standard InChI is InChI=1S/C36H42O18/c1-18(37)46-17-25-28(48-19(2)38)29(49-20(3)39)30(50-21(4)40)33(51-25)53-34-31-35(6,54-22(5)41)26(15-36(31,44)24(16-47-34)32(43)45-7)52-27(42)14-13-23-11-9-8-10-12-23/h8-14,16,25-26,28-31,33-34,44H,15,17H2,1-7H3. The second-order valence-electron chi connectivity index (χ2n) is 12.8. The third kappa shape index (κ3) is 9.42. The summed E-state index contributed by atoms with van der Waals surface area (Å²) in [4.78, 5) is 87.5. The normalized spacial score (nSPS) is 31.4. The van der Waals surface area contributed by atoms with Gasteiger partial charge >= 0.3 is 41.8 Å². The lowest BCUT2D eigenvalue weighted by molar-refractivity contribution is -0.354. The smallest absolute Gasteiger partial charge is 0.339 e. The van der Waals surface area contributed by atoms with Crippen molar-refractivity contribution in [1.82, 2.24) is 0 Å². The zero-order chi connectivity index (χ0) is 40.0. The summed E-state index contributed by atoms with van der Waals surface area (Å²) in [5.41, 5.74) is -4.16. The lowest BCUT2D eigenvalue weighted by atomic mass is 9.77. The molecule has 1 saturated heterocycles. The lowest BCUT2D eigenvalue weighted by Crippen LogP contribution is -2.65. The van der Waals surface area contributed by atoms with Gasteiger partial charge in [-0.3, -0.25) is 24.0 Å². The van der Waals surface area contributed by atoms with Crippen molar-refractivity contribution in [2.45, 2.75) is 102 Å². The molecule has 0 radical (unpaired) electrons. The maximum atomic E-state index is 13.2. The molecule has 1 saturated carbocycles. The fourth-order valence-corrected chi connectivity index (χ4v) is 6.76. The van der Waals surface area contributed by atoms with E-state index in [2.05, 4.69) is 0 Å². The molecule has 0 amide bonds. The molecular weight excluding hydrogens is 720 g/mol. The quantitative estimate of drug-likeness (QED) is 0.179. The Kier molecular flexibility index (Phi) is 13.2. The molecule has 10 atom stereocenters. The van der Waals surface area contributed by atoms with Crippen molar-refractivity contribution in [3.8, 4) is 0 Å². The fourth-order valence-electron chi connectivity index (χ4n) is 6.76. The van der Waals surface area contributed by atoms with Crippen molar-refractivity contribution < 1.29 is 86.0 Å². The molecule has 3 aliphatic rings. The van der Waals surface area contributed by atoms with E-state index in [9.17, 15) is 38.7 Å². The Bertz CT molecular complexity index is 1670. The number of hydrogen-bond acceptors (Lipinski definition) is 18. The average molecular weight is 763 g/mol. The molecule has 0 bridgehead atoms. The van der Waals surface area contributed by atoms with Gasteiger partial charge in [-0.1, -0.05) is 30.3 Å². The van der Waals surface area contributed by atoms with Crippen LogP contribution in [0.3, 0.4) is 0 Å². The van der Waals surface area contributed by atoms with E-state index in [4.69, 9.17) is 47.4 Å². The third-order valence-electron chi connectivity index (χ3n) is 8.78. The summed E-state index contributed by atoms with van der Waals surface area (Å²) in [6.07, 6.45) is -8.48. The van der Waals surface area contributed by atoms with Crippen LogP contribution >= 0.6 is 0 Å². The first-order chi connectivity index (χ1) is 25.4. The van der Waals surface area contributed by atoms with Gasteiger partial charge in [0.1, 0.15) is 30.0 Å². The summed E-state index contributed by atoms with van der Waals surface area (Å²) >= 11 is 0. The molecule has 294 valence electrons. The highest BCUT2D eigenvalue weighted by atomic mass is 16.8. The van der Waals surface area contributed by atoms with Gasteiger partial charge in [0.05, 0.1) is 19.3 Å². The number of ether oxygens (including phenoxy) is 10. The summed E-state index contributed by atoms with van der Waals surface area (Å²) in [7, 11) is 1.05. The molecular formula is C36H42O18. The van der Waals surface area contributed by atoms with Crippen LogP contribution in [-0.2, 0) is 80.9 Å². The first kappa shape index (κ1) is 41.4. The summed E-state index contributed by atoms with van der Waals surface area (Å²) in [6.45, 7) is 6.01. The summed E-state index contributed by atoms with van der Waals surface area (Å²) in [5.74, 6) is -7.91. The average Bonchev–Trinajstić information content (AvgIpc) is 3.30. The number of rotatable bonds is 12. The molecule has 0 aromatic heterocycles. The SMILES string of the molecule is COC(=O)C1=COC(OC2OC(COC(C)=O)C(OC(C)=O)C(OC(C)=O)C2OC(C)=O)C2C1(O)CC(OC(=O)C=Cc1ccccc1)C2(C)OC(C)=O. The van der Waals surface area contributed by atoms with Gasteiger partial charge in [0.2, 0.25) is 12.6 Å². The molecule has 0 spiro atoms. The maximum absolute atomic E-state index is 13.2. The van der Waals surface area contributed by atoms with Crippen LogP contribution in [0.2, 0.25) is 0 Å². The van der Waals surface area contributed by atoms with Crippen molar-refractivity contribution in [2.24, 2.45) is 5.92 Å². The minimum atomic E-state index is -2.35. The predicted molar refractivity (Wildman–Crippen MR) is 177 cm³/mol. The van der Waals surface area contributed by atoms with Crippen LogP contribution in [0.4, 0.5) is 0 Å². The van der Waals surface area contributed by atoms with Gasteiger partial charge in [0.25, 0.3) is 0 Å². The van der Waals surface area contributed by atoms with Gasteiger partial charge in [-0.15, -0.1) is 0 Å². The molecule has 18 heteroatoms. The highest BCUT2D eigenvalue weighted by Gasteiger charge is 2.71. The van der Waals surface area contributed by atoms with Gasteiger partial charge in [0.15, 0.2) is 23.9 Å². The van der Waals surface area contributed by atoms with E-state index >= 15 is 0 Å². The summed E-state index contributed by atoms with van der Waals surface area (Å²) < 4.78 is 56.0. The van der Waals surface area contributed by atoms with Crippen LogP contribution in [0.15, 0.2) is 48.2 Å². The van der Waals surface area contributed by atoms with Gasteiger partial charge in [0, 0.05) is 47.1 Å². The Morgan fingerprint density at radius 3 is 2.00 bits per heavy atom. The van der Waals surface area contributed by atoms with Crippen LogP contribution in [0, 0.1) is 5.92 Å². The minimum absolute atomic E-state index is 0.451. The number of benzene rings is 1. The fraction of sp³-hybridized carbons (Fsp3) is 0.528. The zero-order valence-electron chi connectivity index (χ0n) is 30.5. The second-order valence-corrected chi connectivity index (χ2v) is 12.8. The maximum Gasteiger partial charge on any atom is 0.339 e. The van der Waals surface area contributed by atoms with E-state index in [0.717, 1.165) is 54.1 Å². The van der Waals surface area contributed by atoms with Crippen molar-refractivity contribution in [3.63, 3.8) is 0 Å². The van der Waals surface area contributed by atoms with Gasteiger partial charge in [-0.25, -0.2) is 9.59 Å². The zero-order valence-corrected chi connectivity index (χ0v) is 30.5. The predicted octanol–water partition coefficient (Wildman–Crippen LogP) is 1.20. The van der Waals surface area contributed by atoms with E-state index in [1.54, 1.807) is 30.3 Å². The monoisotopic (exact) mass is 762 g/mol. The number of hydrogen-bond donors (Lipinski definition) is 1. The van der Waals surface area contributed by atoms with Crippen molar-refractivity contribution in [2.75, 3.05) is 13.7 Å². The third-order valence-corrected chi connectivity index (χ3v) is 8.78. The molecule has 1 N–H and O–H groups in total. The Hall–Kier alpha value is -5.33. The molecule has 4 rings (SSSR count). The van der Waals surface area contributed by atoms with Crippen LogP contribution in [0.1, 0.15) is 53.5 Å². The molecule has 2 fully saturated rings. The minimum Gasteiger partial charge on any atom is -0.471 e. The van der Waals surface area contributed by atoms with Crippen LogP contribution < -0.4 is 0 Å². The van der Waals surface area contributed by atoms with E-state index < -0.39 is 121 Å². The Morgan fingerprint density at radius 2 is 1.43 bits per heavy atom. The molecule has 1 aromatic rings. The molecule has 10 unspecified atom stereocenters. The lowest BCUT2D eigenvalue weighted by Gasteiger charge is -2.48. The Balaban J connectivity index is 1.80. The van der Waals surface area contributed by atoms with Gasteiger partial charge in [-0.2, -0.15) is 0 Å². The van der Waals surface area contributed by atoms with Crippen LogP contribution in [0.5, 0.6) is 0 Å². The number of esters is 7. The van der Waals surface area contributed by atoms with Crippen molar-refractivity contribution in [3.05, 3.63) is 53.8 Å². The number of carbonyl (C=O) groups excluding carboxylic acids is 7. The van der Waals surface area contributed by atoms with E-state index in [0.29, 0.717) is 5.56 Å². The van der Waals surface area contributed by atoms with Gasteiger partial charge in [-0.05, 0) is 18.6 Å². The Labute approximate surface area is 309 Å². The number of methoxy groups -OCH3 is 1. The Morgan fingerprint density at radius 1 is 0.815 bits per heavy atom. The van der Waals surface area contributed by atoms with E-state index in [1.165, 1.54) is 13.0 Å². The van der Waals surface area contributed by atoms with Crippen LogP contribution in [0.25, 0.3) is 6.08 Å². The molecule has 2 heterocycles. The first-order valence-corrected chi connectivity index (χ1v) is 16.7. The highest BCUT2D eigenvalue weighted by Crippen LogP contribution is 2.55. The molecule has 18 nitrogen and oxygen atoms in total. The topological polar surface area (TPSA) is 232 Å². The number of aliphatic hydroxyl groups is 1. The van der Waals surface area contributed by atoms with Crippen molar-refractivity contribution in [1.29, 1.82) is 0 Å². The number of carbonyl (C=O) groups is 7. The summed E-state index contributed by atoms with van der Waals surface area (Å²) in [6, 6.07) is 8.77. The largest absolute Gasteiger partial charge is 0.471 e. The number of fused-ring (bicyclic) bond motifs is 1. The van der Waals surface area contributed by atoms with Crippen LogP contribution in [-0.4, -0.2) is 115 Å². The summed E-state index contributed by atoms with van der Waals surface area (Å²) in [5, 5.41) is 12.4. The second kappa shape index (κ2) is 17.2. The highest BCUT2D eigenvalue weighted by molar-refractivity contribution is 5.91. The molecule has 54 heavy (non-hydrogen) atoms.